The topological polar surface area (TPSA) is 21.3 Å². The molecule has 0 saturated heterocycles. The predicted molar refractivity (Wildman–Crippen MR) is 74.9 cm³/mol. The molecule has 3 heteroatoms. The van der Waals surface area contributed by atoms with Crippen LogP contribution >= 0.6 is 11.3 Å². The maximum Gasteiger partial charge on any atom is 0.0725 e. The van der Waals surface area contributed by atoms with E-state index in [-0.39, 0.29) is 6.04 Å². The van der Waals surface area contributed by atoms with Crippen molar-refractivity contribution in [2.24, 2.45) is 0 Å². The van der Waals surface area contributed by atoms with Gasteiger partial charge in [0.25, 0.3) is 0 Å². The van der Waals surface area contributed by atoms with Gasteiger partial charge in [-0.05, 0) is 47.7 Å². The lowest BCUT2D eigenvalue weighted by atomic mass is 9.99. The fourth-order valence-electron chi connectivity index (χ4n) is 2.50. The Bertz CT molecular complexity index is 561. The molecule has 0 amide bonds. The summed E-state index contributed by atoms with van der Waals surface area (Å²) in [7, 11) is 2.02. The van der Waals surface area contributed by atoms with Gasteiger partial charge >= 0.3 is 0 Å². The van der Waals surface area contributed by atoms with E-state index in [0.717, 1.165) is 13.2 Å². The third kappa shape index (κ3) is 1.99. The smallest absolute Gasteiger partial charge is 0.0725 e. The molecule has 94 valence electrons. The summed E-state index contributed by atoms with van der Waals surface area (Å²) in [5.41, 5.74) is 5.35. The molecular formula is C15H17NOS. The zero-order valence-electron chi connectivity index (χ0n) is 10.7. The van der Waals surface area contributed by atoms with Crippen molar-refractivity contribution >= 4 is 11.3 Å². The maximum atomic E-state index is 5.48. The molecule has 1 unspecified atom stereocenters. The van der Waals surface area contributed by atoms with Crippen molar-refractivity contribution in [3.63, 3.8) is 0 Å². The highest BCUT2D eigenvalue weighted by Gasteiger charge is 2.18. The number of hydrogen-bond donors (Lipinski definition) is 1. The second kappa shape index (κ2) is 4.84. The van der Waals surface area contributed by atoms with Crippen molar-refractivity contribution in [3.8, 4) is 0 Å². The molecule has 0 spiro atoms. The quantitative estimate of drug-likeness (QED) is 0.912. The van der Waals surface area contributed by atoms with Gasteiger partial charge in [0.15, 0.2) is 0 Å². The van der Waals surface area contributed by atoms with Crippen LogP contribution in [0.1, 0.15) is 33.2 Å². The average molecular weight is 259 g/mol. The van der Waals surface area contributed by atoms with Gasteiger partial charge in [0.2, 0.25) is 0 Å². The van der Waals surface area contributed by atoms with Crippen molar-refractivity contribution < 1.29 is 4.74 Å². The fourth-order valence-corrected chi connectivity index (χ4v) is 3.56. The molecule has 18 heavy (non-hydrogen) atoms. The lowest BCUT2D eigenvalue weighted by Crippen LogP contribution is -2.17. The number of thiophene rings is 1. The Morgan fingerprint density at radius 3 is 2.78 bits per heavy atom. The monoisotopic (exact) mass is 259 g/mol. The molecule has 1 aromatic heterocycles. The first kappa shape index (κ1) is 11.9. The van der Waals surface area contributed by atoms with Crippen molar-refractivity contribution in [3.05, 3.63) is 56.8 Å². The molecule has 1 aromatic carbocycles. The molecule has 0 saturated carbocycles. The first-order valence-corrected chi connectivity index (χ1v) is 7.08. The number of hydrogen-bond acceptors (Lipinski definition) is 3. The van der Waals surface area contributed by atoms with Crippen LogP contribution in [0.2, 0.25) is 0 Å². The third-order valence-electron chi connectivity index (χ3n) is 3.53. The van der Waals surface area contributed by atoms with Gasteiger partial charge in [-0.1, -0.05) is 18.2 Å². The molecule has 1 atom stereocenters. The number of ether oxygens (including phenoxy) is 1. The van der Waals surface area contributed by atoms with Gasteiger partial charge in [0.05, 0.1) is 19.3 Å². The van der Waals surface area contributed by atoms with E-state index >= 15 is 0 Å². The zero-order valence-corrected chi connectivity index (χ0v) is 11.5. The van der Waals surface area contributed by atoms with Crippen LogP contribution in [0.5, 0.6) is 0 Å². The SMILES string of the molecule is CNC(c1ccc2c(c1)COC2)c1sccc1C. The first-order chi connectivity index (χ1) is 8.79. The minimum Gasteiger partial charge on any atom is -0.372 e. The highest BCUT2D eigenvalue weighted by atomic mass is 32.1. The molecule has 1 N–H and O–H groups in total. The van der Waals surface area contributed by atoms with Crippen LogP contribution < -0.4 is 5.32 Å². The Balaban J connectivity index is 2.00. The maximum absolute atomic E-state index is 5.48. The van der Waals surface area contributed by atoms with E-state index in [1.165, 1.54) is 27.1 Å². The second-order valence-corrected chi connectivity index (χ2v) is 5.66. The standard InChI is InChI=1S/C15H17NOS/c1-10-5-6-18-15(10)14(16-2)11-3-4-12-8-17-9-13(12)7-11/h3-7,14,16H,8-9H2,1-2H3. The number of rotatable bonds is 3. The number of benzene rings is 1. The van der Waals surface area contributed by atoms with E-state index in [4.69, 9.17) is 4.74 Å². The van der Waals surface area contributed by atoms with Gasteiger partial charge in [-0.2, -0.15) is 0 Å². The van der Waals surface area contributed by atoms with Crippen molar-refractivity contribution in [1.82, 2.24) is 5.32 Å². The summed E-state index contributed by atoms with van der Waals surface area (Å²) in [5.74, 6) is 0. The molecule has 0 bridgehead atoms. The molecule has 3 rings (SSSR count). The Morgan fingerprint density at radius 2 is 2.06 bits per heavy atom. The van der Waals surface area contributed by atoms with Crippen LogP contribution in [0.15, 0.2) is 29.6 Å². The van der Waals surface area contributed by atoms with Crippen LogP contribution in [0, 0.1) is 6.92 Å². The molecule has 0 aliphatic carbocycles. The van der Waals surface area contributed by atoms with E-state index in [1.54, 1.807) is 0 Å². The number of nitrogens with one attached hydrogen (secondary N) is 1. The first-order valence-electron chi connectivity index (χ1n) is 6.20. The van der Waals surface area contributed by atoms with Gasteiger partial charge in [0.1, 0.15) is 0 Å². The van der Waals surface area contributed by atoms with E-state index in [2.05, 4.69) is 41.9 Å². The van der Waals surface area contributed by atoms with Gasteiger partial charge in [-0.15, -0.1) is 11.3 Å². The number of aryl methyl sites for hydroxylation is 1. The molecule has 2 nitrogen and oxygen atoms in total. The summed E-state index contributed by atoms with van der Waals surface area (Å²) < 4.78 is 5.48. The van der Waals surface area contributed by atoms with Gasteiger partial charge in [-0.3, -0.25) is 0 Å². The Hall–Kier alpha value is -1.16. The molecule has 0 fully saturated rings. The van der Waals surface area contributed by atoms with E-state index in [0.29, 0.717) is 0 Å². The predicted octanol–water partition coefficient (Wildman–Crippen LogP) is 3.40. The van der Waals surface area contributed by atoms with Crippen LogP contribution in [-0.2, 0) is 18.0 Å². The normalized spacial score (nSPS) is 15.7. The largest absolute Gasteiger partial charge is 0.372 e. The lowest BCUT2D eigenvalue weighted by molar-refractivity contribution is 0.134. The average Bonchev–Trinajstić information content (AvgIpc) is 2.99. The lowest BCUT2D eigenvalue weighted by Gasteiger charge is -2.17. The van der Waals surface area contributed by atoms with Gasteiger partial charge in [0, 0.05) is 4.88 Å². The van der Waals surface area contributed by atoms with Crippen molar-refractivity contribution in [2.75, 3.05) is 7.05 Å². The van der Waals surface area contributed by atoms with Crippen LogP contribution in [0.4, 0.5) is 0 Å². The van der Waals surface area contributed by atoms with E-state index < -0.39 is 0 Å². The fraction of sp³-hybridized carbons (Fsp3) is 0.333. The summed E-state index contributed by atoms with van der Waals surface area (Å²) in [6.07, 6.45) is 0. The van der Waals surface area contributed by atoms with Gasteiger partial charge in [-0.25, -0.2) is 0 Å². The molecular weight excluding hydrogens is 242 g/mol. The molecule has 2 aromatic rings. The van der Waals surface area contributed by atoms with Crippen molar-refractivity contribution in [2.45, 2.75) is 26.2 Å². The summed E-state index contributed by atoms with van der Waals surface area (Å²) in [5, 5.41) is 5.58. The van der Waals surface area contributed by atoms with E-state index in [1.807, 2.05) is 18.4 Å². The Kier molecular flexibility index (Phi) is 3.20. The number of fused-ring (bicyclic) bond motifs is 1. The van der Waals surface area contributed by atoms with E-state index in [9.17, 15) is 0 Å². The third-order valence-corrected chi connectivity index (χ3v) is 4.62. The van der Waals surface area contributed by atoms with Gasteiger partial charge < -0.3 is 10.1 Å². The summed E-state index contributed by atoms with van der Waals surface area (Å²) in [6, 6.07) is 9.17. The highest BCUT2D eigenvalue weighted by molar-refractivity contribution is 7.10. The Morgan fingerprint density at radius 1 is 1.22 bits per heavy atom. The Labute approximate surface area is 112 Å². The molecule has 0 radical (unpaired) electrons. The molecule has 1 aliphatic rings. The summed E-state index contributed by atoms with van der Waals surface area (Å²) in [4.78, 5) is 1.40. The minimum absolute atomic E-state index is 0.288. The van der Waals surface area contributed by atoms with Crippen LogP contribution in [-0.4, -0.2) is 7.05 Å². The van der Waals surface area contributed by atoms with Crippen LogP contribution in [0.25, 0.3) is 0 Å². The summed E-state index contributed by atoms with van der Waals surface area (Å²) in [6.45, 7) is 3.69. The zero-order chi connectivity index (χ0) is 12.5. The van der Waals surface area contributed by atoms with Crippen molar-refractivity contribution in [1.29, 1.82) is 0 Å². The second-order valence-electron chi connectivity index (χ2n) is 4.71. The molecule has 2 heterocycles. The summed E-state index contributed by atoms with van der Waals surface area (Å²) >= 11 is 1.82. The molecule has 1 aliphatic heterocycles. The highest BCUT2D eigenvalue weighted by Crippen LogP contribution is 2.31. The minimum atomic E-state index is 0.288. The van der Waals surface area contributed by atoms with Crippen LogP contribution in [0.3, 0.4) is 0 Å².